The van der Waals surface area contributed by atoms with Crippen molar-refractivity contribution >= 4 is 11.6 Å². The van der Waals surface area contributed by atoms with Crippen LogP contribution in [0.5, 0.6) is 11.5 Å². The highest BCUT2D eigenvalue weighted by Crippen LogP contribution is 2.28. The maximum absolute atomic E-state index is 12.8. The van der Waals surface area contributed by atoms with E-state index in [2.05, 4.69) is 17.0 Å². The first kappa shape index (κ1) is 19.1. The van der Waals surface area contributed by atoms with E-state index in [-0.39, 0.29) is 5.91 Å². The van der Waals surface area contributed by atoms with Crippen LogP contribution in [-0.4, -0.2) is 50.2 Å². The molecule has 0 saturated carbocycles. The molecule has 0 bridgehead atoms. The molecule has 0 aliphatic carbocycles. The second kappa shape index (κ2) is 8.33. The van der Waals surface area contributed by atoms with E-state index < -0.39 is 6.10 Å². The number of nitrogens with zero attached hydrogens (tertiary/aromatic N) is 2. The molecule has 1 amide bonds. The van der Waals surface area contributed by atoms with E-state index in [0.29, 0.717) is 13.1 Å². The number of rotatable bonds is 5. The van der Waals surface area contributed by atoms with Gasteiger partial charge in [-0.05, 0) is 44.5 Å². The Hall–Kier alpha value is -2.69. The average molecular weight is 368 g/mol. The summed E-state index contributed by atoms with van der Waals surface area (Å²) in [5.74, 6) is 1.67. The summed E-state index contributed by atoms with van der Waals surface area (Å²) < 4.78 is 11.4. The first-order chi connectivity index (χ1) is 13.0. The molecule has 0 spiro atoms. The lowest BCUT2D eigenvalue weighted by molar-refractivity contribution is -0.138. The summed E-state index contributed by atoms with van der Waals surface area (Å²) in [4.78, 5) is 17.0. The molecule has 0 N–H and O–H groups in total. The van der Waals surface area contributed by atoms with Crippen LogP contribution < -0.4 is 14.4 Å². The monoisotopic (exact) mass is 368 g/mol. The Morgan fingerprint density at radius 2 is 1.70 bits per heavy atom. The van der Waals surface area contributed by atoms with Crippen LogP contribution in [0.25, 0.3) is 0 Å². The summed E-state index contributed by atoms with van der Waals surface area (Å²) in [5, 5.41) is 0. The molecule has 27 heavy (non-hydrogen) atoms. The third kappa shape index (κ3) is 4.35. The van der Waals surface area contributed by atoms with Crippen molar-refractivity contribution in [2.45, 2.75) is 26.9 Å². The van der Waals surface area contributed by atoms with Crippen LogP contribution in [0.1, 0.15) is 18.1 Å². The number of anilines is 1. The van der Waals surface area contributed by atoms with Crippen LogP contribution in [0.2, 0.25) is 0 Å². The maximum Gasteiger partial charge on any atom is 0.263 e. The topological polar surface area (TPSA) is 42.0 Å². The SMILES string of the molecule is COc1ccccc1N1CCN(C(=O)C(C)Oc2ccc(C)cc2C)CC1. The van der Waals surface area contributed by atoms with Crippen LogP contribution >= 0.6 is 0 Å². The zero-order valence-corrected chi connectivity index (χ0v) is 16.6. The third-order valence-electron chi connectivity index (χ3n) is 5.00. The minimum atomic E-state index is -0.496. The van der Waals surface area contributed by atoms with E-state index in [9.17, 15) is 4.79 Å². The second-order valence-corrected chi connectivity index (χ2v) is 7.01. The number of benzene rings is 2. The molecule has 1 aliphatic rings. The number of ether oxygens (including phenoxy) is 2. The number of para-hydroxylation sites is 2. The van der Waals surface area contributed by atoms with Gasteiger partial charge in [0, 0.05) is 26.2 Å². The standard InChI is InChI=1S/C22H28N2O3/c1-16-9-10-20(17(2)15-16)27-18(3)22(25)24-13-11-23(12-14-24)19-7-5-6-8-21(19)26-4/h5-10,15,18H,11-14H2,1-4H3. The molecule has 1 aliphatic heterocycles. The van der Waals surface area contributed by atoms with Gasteiger partial charge in [0.25, 0.3) is 5.91 Å². The van der Waals surface area contributed by atoms with Gasteiger partial charge in [-0.1, -0.05) is 29.8 Å². The molecule has 1 fully saturated rings. The van der Waals surface area contributed by atoms with Crippen molar-refractivity contribution in [3.8, 4) is 11.5 Å². The highest BCUT2D eigenvalue weighted by Gasteiger charge is 2.27. The van der Waals surface area contributed by atoms with Crippen LogP contribution in [0, 0.1) is 13.8 Å². The number of hydrogen-bond donors (Lipinski definition) is 0. The van der Waals surface area contributed by atoms with E-state index in [1.54, 1.807) is 7.11 Å². The Bertz CT molecular complexity index is 798. The molecule has 1 heterocycles. The zero-order valence-electron chi connectivity index (χ0n) is 16.6. The smallest absolute Gasteiger partial charge is 0.263 e. The lowest BCUT2D eigenvalue weighted by Gasteiger charge is -2.37. The quantitative estimate of drug-likeness (QED) is 0.811. The Morgan fingerprint density at radius 3 is 2.37 bits per heavy atom. The predicted octanol–water partition coefficient (Wildman–Crippen LogP) is 3.43. The van der Waals surface area contributed by atoms with Gasteiger partial charge < -0.3 is 19.3 Å². The molecule has 3 rings (SSSR count). The van der Waals surface area contributed by atoms with Crippen LogP contribution in [-0.2, 0) is 4.79 Å². The van der Waals surface area contributed by atoms with Gasteiger partial charge in [0.1, 0.15) is 11.5 Å². The van der Waals surface area contributed by atoms with Crippen LogP contribution in [0.15, 0.2) is 42.5 Å². The Labute approximate surface area is 161 Å². The lowest BCUT2D eigenvalue weighted by Crippen LogP contribution is -2.52. The average Bonchev–Trinajstić information content (AvgIpc) is 2.69. The van der Waals surface area contributed by atoms with Crippen LogP contribution in [0.3, 0.4) is 0 Å². The number of hydrogen-bond acceptors (Lipinski definition) is 4. The van der Waals surface area contributed by atoms with Gasteiger partial charge in [0.2, 0.25) is 0 Å². The fourth-order valence-electron chi connectivity index (χ4n) is 3.49. The van der Waals surface area contributed by atoms with Crippen molar-refractivity contribution in [2.75, 3.05) is 38.2 Å². The van der Waals surface area contributed by atoms with Gasteiger partial charge in [-0.2, -0.15) is 0 Å². The van der Waals surface area contributed by atoms with Gasteiger partial charge in [0.15, 0.2) is 6.10 Å². The van der Waals surface area contributed by atoms with Crippen molar-refractivity contribution < 1.29 is 14.3 Å². The van der Waals surface area contributed by atoms with Crippen molar-refractivity contribution in [1.82, 2.24) is 4.90 Å². The summed E-state index contributed by atoms with van der Waals surface area (Å²) in [7, 11) is 1.69. The van der Waals surface area contributed by atoms with Crippen molar-refractivity contribution in [3.05, 3.63) is 53.6 Å². The first-order valence-electron chi connectivity index (χ1n) is 9.40. The molecule has 1 atom stereocenters. The van der Waals surface area contributed by atoms with Gasteiger partial charge >= 0.3 is 0 Å². The van der Waals surface area contributed by atoms with Gasteiger partial charge in [-0.3, -0.25) is 4.79 Å². The van der Waals surface area contributed by atoms with Gasteiger partial charge in [-0.15, -0.1) is 0 Å². The molecular formula is C22H28N2O3. The summed E-state index contributed by atoms with van der Waals surface area (Å²) in [6.07, 6.45) is -0.496. The summed E-state index contributed by atoms with van der Waals surface area (Å²) in [6.45, 7) is 8.80. The Morgan fingerprint density at radius 1 is 1.00 bits per heavy atom. The molecular weight excluding hydrogens is 340 g/mol. The van der Waals surface area contributed by atoms with Gasteiger partial charge in [-0.25, -0.2) is 0 Å². The number of carbonyl (C=O) groups is 1. The predicted molar refractivity (Wildman–Crippen MR) is 108 cm³/mol. The minimum absolute atomic E-state index is 0.0367. The van der Waals surface area contributed by atoms with E-state index in [1.807, 2.05) is 56.0 Å². The Balaban J connectivity index is 1.59. The molecule has 1 saturated heterocycles. The number of amides is 1. The maximum atomic E-state index is 12.8. The summed E-state index contributed by atoms with van der Waals surface area (Å²) in [6, 6.07) is 14.0. The van der Waals surface area contributed by atoms with Crippen LogP contribution in [0.4, 0.5) is 5.69 Å². The fraction of sp³-hybridized carbons (Fsp3) is 0.409. The zero-order chi connectivity index (χ0) is 19.4. The number of methoxy groups -OCH3 is 1. The molecule has 0 radical (unpaired) electrons. The van der Waals surface area contributed by atoms with E-state index in [0.717, 1.165) is 35.8 Å². The largest absolute Gasteiger partial charge is 0.495 e. The molecule has 144 valence electrons. The molecule has 5 heteroatoms. The van der Waals surface area contributed by atoms with E-state index in [4.69, 9.17) is 9.47 Å². The highest BCUT2D eigenvalue weighted by atomic mass is 16.5. The van der Waals surface area contributed by atoms with Crippen molar-refractivity contribution in [2.24, 2.45) is 0 Å². The highest BCUT2D eigenvalue weighted by molar-refractivity contribution is 5.81. The van der Waals surface area contributed by atoms with E-state index in [1.165, 1.54) is 5.56 Å². The number of carbonyl (C=O) groups excluding carboxylic acids is 1. The van der Waals surface area contributed by atoms with Gasteiger partial charge in [0.05, 0.1) is 12.8 Å². The number of piperazine rings is 1. The lowest BCUT2D eigenvalue weighted by atomic mass is 10.1. The Kier molecular flexibility index (Phi) is 5.89. The summed E-state index contributed by atoms with van der Waals surface area (Å²) in [5.41, 5.74) is 3.31. The minimum Gasteiger partial charge on any atom is -0.495 e. The molecule has 5 nitrogen and oxygen atoms in total. The molecule has 2 aromatic rings. The second-order valence-electron chi connectivity index (χ2n) is 7.01. The van der Waals surface area contributed by atoms with E-state index >= 15 is 0 Å². The summed E-state index contributed by atoms with van der Waals surface area (Å²) >= 11 is 0. The third-order valence-corrected chi connectivity index (χ3v) is 5.00. The normalized spacial score (nSPS) is 15.4. The first-order valence-corrected chi connectivity index (χ1v) is 9.40. The fourth-order valence-corrected chi connectivity index (χ4v) is 3.49. The van der Waals surface area contributed by atoms with Crippen molar-refractivity contribution in [1.29, 1.82) is 0 Å². The van der Waals surface area contributed by atoms with Crippen molar-refractivity contribution in [3.63, 3.8) is 0 Å². The molecule has 0 aromatic heterocycles. The number of aryl methyl sites for hydroxylation is 2. The molecule has 1 unspecified atom stereocenters. The molecule has 2 aromatic carbocycles.